The largest absolute Gasteiger partial charge is 0.479 e. The number of hydrogen-bond acceptors (Lipinski definition) is 3. The van der Waals surface area contributed by atoms with Gasteiger partial charge in [0.1, 0.15) is 5.75 Å². The second-order valence-electron chi connectivity index (χ2n) is 3.86. The Balaban J connectivity index is 2.94. The number of ether oxygens (including phenoxy) is 1. The molecule has 0 aliphatic carbocycles. The molecule has 0 saturated heterocycles. The lowest BCUT2D eigenvalue weighted by Gasteiger charge is -2.17. The van der Waals surface area contributed by atoms with Crippen molar-refractivity contribution in [2.24, 2.45) is 0 Å². The molecule has 1 aromatic rings. The molecule has 0 fully saturated rings. The fourth-order valence-corrected chi connectivity index (χ4v) is 1.77. The smallest absolute Gasteiger partial charge is 0.344 e. The minimum Gasteiger partial charge on any atom is -0.479 e. The third-order valence-corrected chi connectivity index (χ3v) is 2.82. The second kappa shape index (κ2) is 7.24. The number of rotatable bonds is 7. The van der Waals surface area contributed by atoms with Gasteiger partial charge in [-0.05, 0) is 19.0 Å². The highest BCUT2D eigenvalue weighted by Crippen LogP contribution is 2.30. The van der Waals surface area contributed by atoms with E-state index in [4.69, 9.17) is 21.4 Å². The van der Waals surface area contributed by atoms with Gasteiger partial charge < -0.3 is 15.2 Å². The summed E-state index contributed by atoms with van der Waals surface area (Å²) in [5.74, 6) is -0.527. The Bertz CT molecular complexity index is 409. The average Bonchev–Trinajstić information content (AvgIpc) is 2.34. The molecule has 0 aliphatic heterocycles. The Hall–Kier alpha value is -1.26. The molecular formula is C13H18ClNO3. The predicted octanol–water partition coefficient (Wildman–Crippen LogP) is 2.69. The van der Waals surface area contributed by atoms with E-state index in [0.717, 1.165) is 12.1 Å². The fraction of sp³-hybridized carbons (Fsp3) is 0.462. The van der Waals surface area contributed by atoms with E-state index in [9.17, 15) is 4.79 Å². The van der Waals surface area contributed by atoms with Crippen LogP contribution >= 0.6 is 11.6 Å². The Kier molecular flexibility index (Phi) is 5.95. The molecular weight excluding hydrogens is 254 g/mol. The lowest BCUT2D eigenvalue weighted by molar-refractivity contribution is -0.145. The number of nitrogens with one attached hydrogen (secondary N) is 1. The molecule has 1 aromatic carbocycles. The van der Waals surface area contributed by atoms with Gasteiger partial charge in [-0.3, -0.25) is 0 Å². The van der Waals surface area contributed by atoms with E-state index in [0.29, 0.717) is 23.7 Å². The Labute approximate surface area is 112 Å². The van der Waals surface area contributed by atoms with Crippen LogP contribution in [0.5, 0.6) is 5.75 Å². The number of carbonyl (C=O) groups is 1. The zero-order valence-corrected chi connectivity index (χ0v) is 11.3. The van der Waals surface area contributed by atoms with Crippen LogP contribution in [0.15, 0.2) is 18.2 Å². The molecule has 1 atom stereocenters. The van der Waals surface area contributed by atoms with Gasteiger partial charge in [0.25, 0.3) is 0 Å². The van der Waals surface area contributed by atoms with Gasteiger partial charge >= 0.3 is 5.97 Å². The zero-order chi connectivity index (χ0) is 13.5. The van der Waals surface area contributed by atoms with Crippen molar-refractivity contribution in [3.8, 4) is 5.75 Å². The minimum atomic E-state index is -0.980. The lowest BCUT2D eigenvalue weighted by Crippen LogP contribution is -2.27. The average molecular weight is 272 g/mol. The number of benzene rings is 1. The Morgan fingerprint density at radius 3 is 2.78 bits per heavy atom. The molecule has 0 amide bonds. The van der Waals surface area contributed by atoms with Crippen LogP contribution < -0.4 is 10.1 Å². The summed E-state index contributed by atoms with van der Waals surface area (Å²) in [7, 11) is 0. The zero-order valence-electron chi connectivity index (χ0n) is 10.6. The number of aliphatic carboxylic acids is 1. The Morgan fingerprint density at radius 2 is 2.22 bits per heavy atom. The van der Waals surface area contributed by atoms with Crippen LogP contribution in [-0.4, -0.2) is 23.7 Å². The van der Waals surface area contributed by atoms with E-state index in [1.807, 2.05) is 19.1 Å². The highest BCUT2D eigenvalue weighted by molar-refractivity contribution is 6.32. The topological polar surface area (TPSA) is 58.6 Å². The van der Waals surface area contributed by atoms with Gasteiger partial charge in [0.2, 0.25) is 0 Å². The molecule has 4 nitrogen and oxygen atoms in total. The van der Waals surface area contributed by atoms with Crippen molar-refractivity contribution in [1.82, 2.24) is 5.32 Å². The summed E-state index contributed by atoms with van der Waals surface area (Å²) in [5, 5.41) is 12.6. The van der Waals surface area contributed by atoms with Crippen molar-refractivity contribution >= 4 is 17.6 Å². The standard InChI is InChI=1S/C13H18ClNO3/c1-3-11(13(16)17)18-12-9(8-15-4-2)6-5-7-10(12)14/h5-7,11,15H,3-4,8H2,1-2H3,(H,16,17). The summed E-state index contributed by atoms with van der Waals surface area (Å²) in [6.07, 6.45) is -0.480. The molecule has 5 heteroatoms. The molecule has 1 rings (SSSR count). The first-order valence-electron chi connectivity index (χ1n) is 5.97. The van der Waals surface area contributed by atoms with Crippen molar-refractivity contribution in [3.63, 3.8) is 0 Å². The van der Waals surface area contributed by atoms with Crippen LogP contribution in [0.1, 0.15) is 25.8 Å². The van der Waals surface area contributed by atoms with Gasteiger partial charge in [-0.2, -0.15) is 0 Å². The first-order chi connectivity index (χ1) is 8.60. The maximum absolute atomic E-state index is 11.0. The summed E-state index contributed by atoms with van der Waals surface area (Å²) < 4.78 is 5.51. The maximum atomic E-state index is 11.0. The number of halogens is 1. The van der Waals surface area contributed by atoms with Crippen LogP contribution in [0.25, 0.3) is 0 Å². The maximum Gasteiger partial charge on any atom is 0.344 e. The molecule has 0 aliphatic rings. The Morgan fingerprint density at radius 1 is 1.50 bits per heavy atom. The molecule has 100 valence electrons. The number of carboxylic acids is 1. The number of para-hydroxylation sites is 1. The lowest BCUT2D eigenvalue weighted by atomic mass is 10.2. The van der Waals surface area contributed by atoms with Gasteiger partial charge in [0, 0.05) is 12.1 Å². The first-order valence-corrected chi connectivity index (χ1v) is 6.35. The van der Waals surface area contributed by atoms with Crippen LogP contribution in [0.2, 0.25) is 5.02 Å². The minimum absolute atomic E-state index is 0.390. The molecule has 1 unspecified atom stereocenters. The number of hydrogen-bond donors (Lipinski definition) is 2. The van der Waals surface area contributed by atoms with Crippen molar-refractivity contribution < 1.29 is 14.6 Å². The van der Waals surface area contributed by atoms with E-state index in [1.165, 1.54) is 0 Å². The van der Waals surface area contributed by atoms with Crippen molar-refractivity contribution in [2.45, 2.75) is 32.9 Å². The molecule has 0 heterocycles. The van der Waals surface area contributed by atoms with Crippen LogP contribution in [-0.2, 0) is 11.3 Å². The normalized spacial score (nSPS) is 12.2. The molecule has 0 spiro atoms. The molecule has 0 aromatic heterocycles. The summed E-state index contributed by atoms with van der Waals surface area (Å²) >= 11 is 6.07. The van der Waals surface area contributed by atoms with Gasteiger partial charge in [-0.1, -0.05) is 37.6 Å². The van der Waals surface area contributed by atoms with Gasteiger partial charge in [0.05, 0.1) is 5.02 Å². The third-order valence-electron chi connectivity index (χ3n) is 2.52. The summed E-state index contributed by atoms with van der Waals surface area (Å²) in [6.45, 7) is 5.18. The van der Waals surface area contributed by atoms with E-state index in [1.54, 1.807) is 13.0 Å². The van der Waals surface area contributed by atoms with E-state index >= 15 is 0 Å². The summed E-state index contributed by atoms with van der Waals surface area (Å²) in [5.41, 5.74) is 0.865. The third kappa shape index (κ3) is 3.89. The second-order valence-corrected chi connectivity index (χ2v) is 4.27. The van der Waals surface area contributed by atoms with Crippen LogP contribution in [0, 0.1) is 0 Å². The van der Waals surface area contributed by atoms with E-state index in [-0.39, 0.29) is 0 Å². The monoisotopic (exact) mass is 271 g/mol. The SMILES string of the molecule is CCNCc1cccc(Cl)c1OC(CC)C(=O)O. The molecule has 0 saturated carbocycles. The van der Waals surface area contributed by atoms with Crippen molar-refractivity contribution in [2.75, 3.05) is 6.54 Å². The molecule has 0 radical (unpaired) electrons. The highest BCUT2D eigenvalue weighted by atomic mass is 35.5. The molecule has 2 N–H and O–H groups in total. The van der Waals surface area contributed by atoms with E-state index < -0.39 is 12.1 Å². The number of carboxylic acid groups (broad SMARTS) is 1. The highest BCUT2D eigenvalue weighted by Gasteiger charge is 2.20. The fourth-order valence-electron chi connectivity index (χ4n) is 1.53. The van der Waals surface area contributed by atoms with Crippen LogP contribution in [0.3, 0.4) is 0 Å². The molecule has 0 bridgehead atoms. The molecule has 18 heavy (non-hydrogen) atoms. The van der Waals surface area contributed by atoms with Crippen molar-refractivity contribution in [1.29, 1.82) is 0 Å². The van der Waals surface area contributed by atoms with E-state index in [2.05, 4.69) is 5.32 Å². The van der Waals surface area contributed by atoms with Gasteiger partial charge in [0.15, 0.2) is 6.10 Å². The van der Waals surface area contributed by atoms with Gasteiger partial charge in [-0.15, -0.1) is 0 Å². The van der Waals surface area contributed by atoms with Crippen LogP contribution in [0.4, 0.5) is 0 Å². The van der Waals surface area contributed by atoms with Crippen molar-refractivity contribution in [3.05, 3.63) is 28.8 Å². The quantitative estimate of drug-likeness (QED) is 0.801. The summed E-state index contributed by atoms with van der Waals surface area (Å²) in [4.78, 5) is 11.0. The first kappa shape index (κ1) is 14.8. The summed E-state index contributed by atoms with van der Waals surface area (Å²) in [6, 6.07) is 5.39. The predicted molar refractivity (Wildman–Crippen MR) is 71.2 cm³/mol. The van der Waals surface area contributed by atoms with Gasteiger partial charge in [-0.25, -0.2) is 4.79 Å².